The molecule has 5 nitrogen and oxygen atoms in total. The number of hydrogen-bond acceptors (Lipinski definition) is 3. The Balaban J connectivity index is 2.95. The van der Waals surface area contributed by atoms with E-state index in [1.54, 1.807) is 18.0 Å². The summed E-state index contributed by atoms with van der Waals surface area (Å²) < 4.78 is 13.4. The van der Waals surface area contributed by atoms with Crippen molar-refractivity contribution in [3.63, 3.8) is 0 Å². The van der Waals surface area contributed by atoms with Gasteiger partial charge >= 0.3 is 5.97 Å². The first kappa shape index (κ1) is 14.7. The second-order valence-electron chi connectivity index (χ2n) is 3.94. The average Bonchev–Trinajstić information content (AvgIpc) is 2.35. The number of carboxylic acids is 1. The van der Waals surface area contributed by atoms with Gasteiger partial charge in [-0.25, -0.2) is 9.18 Å². The molecule has 0 fully saturated rings. The summed E-state index contributed by atoms with van der Waals surface area (Å²) in [6.45, 7) is 0.0854. The lowest BCUT2D eigenvalue weighted by Gasteiger charge is -2.18. The van der Waals surface area contributed by atoms with Gasteiger partial charge in [-0.15, -0.1) is 0 Å². The summed E-state index contributed by atoms with van der Waals surface area (Å²) >= 11 is 0. The van der Waals surface area contributed by atoms with Crippen molar-refractivity contribution in [2.75, 3.05) is 25.5 Å². The molecule has 2 N–H and O–H groups in total. The largest absolute Gasteiger partial charge is 0.478 e. The van der Waals surface area contributed by atoms with E-state index in [1.165, 1.54) is 25.3 Å². The fourth-order valence-electron chi connectivity index (χ4n) is 1.47. The molecule has 1 aromatic carbocycles. The van der Waals surface area contributed by atoms with Gasteiger partial charge in [0.05, 0.1) is 6.54 Å². The minimum atomic E-state index is -1.11. The topological polar surface area (TPSA) is 69.6 Å². The smallest absolute Gasteiger partial charge is 0.328 e. The molecule has 0 bridgehead atoms. The zero-order chi connectivity index (χ0) is 14.4. The maximum atomic E-state index is 13.4. The third-order valence-electron chi connectivity index (χ3n) is 2.42. The van der Waals surface area contributed by atoms with Crippen molar-refractivity contribution in [1.82, 2.24) is 5.32 Å². The van der Waals surface area contributed by atoms with Gasteiger partial charge in [0.25, 0.3) is 0 Å². The lowest BCUT2D eigenvalue weighted by molar-refractivity contribution is -0.131. The number of carbonyl (C=O) groups is 2. The molecular formula is C13H15FN2O3. The lowest BCUT2D eigenvalue weighted by atomic mass is 10.1. The average molecular weight is 266 g/mol. The van der Waals surface area contributed by atoms with Gasteiger partial charge in [-0.2, -0.15) is 0 Å². The molecule has 0 aromatic heterocycles. The number of likely N-dealkylation sites (N-methyl/N-ethyl adjacent to an activating group) is 2. The Morgan fingerprint density at radius 1 is 1.42 bits per heavy atom. The fourth-order valence-corrected chi connectivity index (χ4v) is 1.47. The van der Waals surface area contributed by atoms with E-state index in [0.29, 0.717) is 11.3 Å². The highest BCUT2D eigenvalue weighted by Crippen LogP contribution is 2.18. The summed E-state index contributed by atoms with van der Waals surface area (Å²) in [7, 11) is 3.16. The van der Waals surface area contributed by atoms with Gasteiger partial charge in [-0.1, -0.05) is 0 Å². The second-order valence-corrected chi connectivity index (χ2v) is 3.94. The number of nitrogens with one attached hydrogen (secondary N) is 1. The van der Waals surface area contributed by atoms with Crippen LogP contribution in [0.3, 0.4) is 0 Å². The number of anilines is 1. The Morgan fingerprint density at radius 3 is 2.68 bits per heavy atom. The van der Waals surface area contributed by atoms with E-state index in [0.717, 1.165) is 6.08 Å². The number of nitrogens with zero attached hydrogens (tertiary/aromatic N) is 1. The van der Waals surface area contributed by atoms with Gasteiger partial charge in [0.15, 0.2) is 0 Å². The number of amides is 1. The molecule has 1 amide bonds. The van der Waals surface area contributed by atoms with Crippen LogP contribution in [0.25, 0.3) is 6.08 Å². The van der Waals surface area contributed by atoms with E-state index in [9.17, 15) is 14.0 Å². The fraction of sp³-hybridized carbons (Fsp3) is 0.231. The van der Waals surface area contributed by atoms with Crippen molar-refractivity contribution >= 4 is 23.6 Å². The normalized spacial score (nSPS) is 10.5. The van der Waals surface area contributed by atoms with Crippen molar-refractivity contribution in [3.8, 4) is 0 Å². The van der Waals surface area contributed by atoms with Crippen molar-refractivity contribution in [2.24, 2.45) is 0 Å². The van der Waals surface area contributed by atoms with Crippen molar-refractivity contribution in [3.05, 3.63) is 35.7 Å². The van der Waals surface area contributed by atoms with Crippen LogP contribution < -0.4 is 10.2 Å². The molecule has 0 aliphatic rings. The third-order valence-corrected chi connectivity index (χ3v) is 2.42. The predicted molar refractivity (Wildman–Crippen MR) is 70.4 cm³/mol. The molecule has 0 saturated heterocycles. The van der Waals surface area contributed by atoms with Crippen LogP contribution in [-0.2, 0) is 9.59 Å². The van der Waals surface area contributed by atoms with Crippen molar-refractivity contribution in [2.45, 2.75) is 0 Å². The predicted octanol–water partition coefficient (Wildman–Crippen LogP) is 1.11. The van der Waals surface area contributed by atoms with Gasteiger partial charge in [0.1, 0.15) is 5.82 Å². The first-order valence-corrected chi connectivity index (χ1v) is 5.55. The summed E-state index contributed by atoms with van der Waals surface area (Å²) in [6, 6.07) is 4.10. The van der Waals surface area contributed by atoms with E-state index < -0.39 is 11.8 Å². The van der Waals surface area contributed by atoms with Crippen LogP contribution in [0.2, 0.25) is 0 Å². The monoisotopic (exact) mass is 266 g/mol. The number of rotatable bonds is 5. The molecule has 0 radical (unpaired) electrons. The minimum absolute atomic E-state index is 0.0854. The van der Waals surface area contributed by atoms with Crippen molar-refractivity contribution < 1.29 is 19.1 Å². The molecule has 19 heavy (non-hydrogen) atoms. The molecule has 0 aliphatic heterocycles. The molecule has 0 saturated carbocycles. The van der Waals surface area contributed by atoms with Crippen LogP contribution >= 0.6 is 0 Å². The van der Waals surface area contributed by atoms with Crippen LogP contribution in [0.1, 0.15) is 5.56 Å². The van der Waals surface area contributed by atoms with Gasteiger partial charge in [0.2, 0.25) is 5.91 Å². The highest BCUT2D eigenvalue weighted by Gasteiger charge is 2.08. The Hall–Kier alpha value is -2.37. The second kappa shape index (κ2) is 6.53. The van der Waals surface area contributed by atoms with E-state index in [2.05, 4.69) is 5.32 Å². The summed E-state index contributed by atoms with van der Waals surface area (Å²) in [5, 5.41) is 11.0. The first-order chi connectivity index (χ1) is 8.92. The van der Waals surface area contributed by atoms with Crippen LogP contribution in [0.15, 0.2) is 24.3 Å². The highest BCUT2D eigenvalue weighted by atomic mass is 19.1. The Labute approximate surface area is 110 Å². The molecule has 0 spiro atoms. The molecule has 1 aromatic rings. The summed E-state index contributed by atoms with van der Waals surface area (Å²) in [6.07, 6.45) is 2.22. The molecule has 0 heterocycles. The maximum Gasteiger partial charge on any atom is 0.328 e. The van der Waals surface area contributed by atoms with Crippen LogP contribution in [0.4, 0.5) is 10.1 Å². The molecule has 0 atom stereocenters. The van der Waals surface area contributed by atoms with Gasteiger partial charge in [-0.3, -0.25) is 4.79 Å². The number of benzene rings is 1. The zero-order valence-corrected chi connectivity index (χ0v) is 10.7. The van der Waals surface area contributed by atoms with Gasteiger partial charge in [0, 0.05) is 25.9 Å². The molecule has 0 aliphatic carbocycles. The summed E-state index contributed by atoms with van der Waals surface area (Å²) in [4.78, 5) is 23.2. The Bertz CT molecular complexity index is 515. The minimum Gasteiger partial charge on any atom is -0.478 e. The zero-order valence-electron chi connectivity index (χ0n) is 10.7. The van der Waals surface area contributed by atoms with E-state index in [4.69, 9.17) is 5.11 Å². The molecule has 6 heteroatoms. The number of aliphatic carboxylic acids is 1. The molecule has 1 rings (SSSR count). The standard InChI is InChI=1S/C13H15FN2O3/c1-15-12(17)8-16(2)11-6-9(3-4-13(18)19)5-10(14)7-11/h3-7H,8H2,1-2H3,(H,15,17)(H,18,19)/b4-3+. The van der Waals surface area contributed by atoms with Crippen LogP contribution in [0.5, 0.6) is 0 Å². The number of carboxylic acid groups (broad SMARTS) is 1. The van der Waals surface area contributed by atoms with Crippen molar-refractivity contribution in [1.29, 1.82) is 0 Å². The SMILES string of the molecule is CNC(=O)CN(C)c1cc(F)cc(/C=C/C(=O)O)c1. The van der Waals surface area contributed by atoms with Crippen LogP contribution in [0, 0.1) is 5.82 Å². The maximum absolute atomic E-state index is 13.4. The summed E-state index contributed by atoms with van der Waals surface area (Å²) in [5.74, 6) is -1.80. The highest BCUT2D eigenvalue weighted by molar-refractivity contribution is 5.85. The van der Waals surface area contributed by atoms with Crippen LogP contribution in [-0.4, -0.2) is 37.6 Å². The molecular weight excluding hydrogens is 251 g/mol. The quantitative estimate of drug-likeness (QED) is 0.783. The number of halogens is 1. The number of carbonyl (C=O) groups excluding carboxylic acids is 1. The van der Waals surface area contributed by atoms with Gasteiger partial charge < -0.3 is 15.3 Å². The van der Waals surface area contributed by atoms with Gasteiger partial charge in [-0.05, 0) is 29.8 Å². The van der Waals surface area contributed by atoms with E-state index in [-0.39, 0.29) is 12.5 Å². The summed E-state index contributed by atoms with van der Waals surface area (Å²) in [5.41, 5.74) is 0.912. The Morgan fingerprint density at radius 2 is 2.11 bits per heavy atom. The molecule has 102 valence electrons. The Kier molecular flexibility index (Phi) is 5.05. The number of hydrogen-bond donors (Lipinski definition) is 2. The first-order valence-electron chi connectivity index (χ1n) is 5.55. The lowest BCUT2D eigenvalue weighted by Crippen LogP contribution is -2.33. The van der Waals surface area contributed by atoms with E-state index >= 15 is 0 Å². The molecule has 0 unspecified atom stereocenters. The third kappa shape index (κ3) is 4.79. The van der Waals surface area contributed by atoms with E-state index in [1.807, 2.05) is 0 Å².